The van der Waals surface area contributed by atoms with E-state index in [0.717, 1.165) is 0 Å². The van der Waals surface area contributed by atoms with E-state index in [4.69, 9.17) is 0 Å². The Balaban J connectivity index is 0.000000229. The summed E-state index contributed by atoms with van der Waals surface area (Å²) in [6.45, 7) is 27.3. The topological polar surface area (TPSA) is 0 Å². The van der Waals surface area contributed by atoms with Gasteiger partial charge in [0.15, 0.2) is 0 Å². The molecule has 0 aromatic heterocycles. The van der Waals surface area contributed by atoms with Gasteiger partial charge in [0, 0.05) is 0 Å². The summed E-state index contributed by atoms with van der Waals surface area (Å²) >= 11 is 0. The lowest BCUT2D eigenvalue weighted by molar-refractivity contribution is 0.563. The van der Waals surface area contributed by atoms with Crippen molar-refractivity contribution in [3.8, 4) is 0 Å². The molecule has 0 spiro atoms. The normalized spacial score (nSPS) is 25.7. The lowest BCUT2D eigenvalue weighted by Crippen LogP contribution is -2.36. The van der Waals surface area contributed by atoms with Crippen molar-refractivity contribution in [2.24, 2.45) is 0 Å². The molecule has 0 aliphatic carbocycles. The van der Waals surface area contributed by atoms with Gasteiger partial charge in [0.2, 0.25) is 0 Å². The van der Waals surface area contributed by atoms with Crippen LogP contribution in [0.3, 0.4) is 0 Å². The largest absolute Gasteiger partial charge is 0.0895 e. The van der Waals surface area contributed by atoms with Gasteiger partial charge in [-0.05, 0) is 56.8 Å². The van der Waals surface area contributed by atoms with Gasteiger partial charge in [-0.15, -0.1) is 0 Å². The summed E-state index contributed by atoms with van der Waals surface area (Å²) in [5, 5.41) is 4.18. The first kappa shape index (κ1) is 28.3. The third-order valence-corrected chi connectivity index (χ3v) is 15.7. The van der Waals surface area contributed by atoms with Crippen LogP contribution >= 0.6 is 15.8 Å². The lowest BCUT2D eigenvalue weighted by Gasteiger charge is -2.51. The minimum Gasteiger partial charge on any atom is -0.0895 e. The Morgan fingerprint density at radius 2 is 0.906 bits per heavy atom. The minimum atomic E-state index is -0.0800. The van der Waals surface area contributed by atoms with Crippen molar-refractivity contribution in [1.29, 1.82) is 0 Å². The van der Waals surface area contributed by atoms with E-state index in [9.17, 15) is 0 Å². The molecule has 0 radical (unpaired) electrons. The first-order valence-electron chi connectivity index (χ1n) is 13.2. The Morgan fingerprint density at radius 1 is 0.562 bits per heavy atom. The molecule has 0 atom stereocenters. The summed E-state index contributed by atoms with van der Waals surface area (Å²) in [4.78, 5) is 0. The minimum absolute atomic E-state index is 0.0741. The summed E-state index contributed by atoms with van der Waals surface area (Å²) in [7, 11) is -0.00592. The van der Waals surface area contributed by atoms with Gasteiger partial charge in [-0.1, -0.05) is 148 Å². The van der Waals surface area contributed by atoms with Crippen LogP contribution in [0.2, 0.25) is 0 Å². The zero-order valence-electron chi connectivity index (χ0n) is 23.4. The van der Waals surface area contributed by atoms with Crippen LogP contribution in [0.5, 0.6) is 0 Å². The Labute approximate surface area is 204 Å². The fourth-order valence-corrected chi connectivity index (χ4v) is 17.7. The predicted octanol–water partition coefficient (Wildman–Crippen LogP) is 10.3. The molecule has 0 unspecified atom stereocenters. The fraction of sp³-hybridized carbons (Fsp3) is 0.800. The summed E-state index contributed by atoms with van der Waals surface area (Å²) in [6, 6.07) is 11.2. The number of rotatable bonds is 1. The van der Waals surface area contributed by atoms with Gasteiger partial charge in [0.05, 0.1) is 0 Å². The first-order chi connectivity index (χ1) is 14.5. The van der Waals surface area contributed by atoms with E-state index in [1.165, 1.54) is 51.4 Å². The highest BCUT2D eigenvalue weighted by atomic mass is 31.1. The molecule has 32 heavy (non-hydrogen) atoms. The number of hydrogen-bond donors (Lipinski definition) is 0. The molecule has 2 heterocycles. The third kappa shape index (κ3) is 7.05. The Hall–Kier alpha value is 0.0800. The number of hydrogen-bond acceptors (Lipinski definition) is 0. The Morgan fingerprint density at radius 3 is 1.25 bits per heavy atom. The van der Waals surface area contributed by atoms with Gasteiger partial charge < -0.3 is 0 Å². The highest BCUT2D eigenvalue weighted by molar-refractivity contribution is 7.68. The van der Waals surface area contributed by atoms with E-state index >= 15 is 0 Å². The van der Waals surface area contributed by atoms with E-state index in [1.54, 1.807) is 5.30 Å². The zero-order valence-corrected chi connectivity index (χ0v) is 25.2. The molecular formula is C30H54P2. The summed E-state index contributed by atoms with van der Waals surface area (Å²) in [6.07, 6.45) is 11.3. The second kappa shape index (κ2) is 10.4. The summed E-state index contributed by atoms with van der Waals surface area (Å²) in [5.41, 5.74) is 0. The van der Waals surface area contributed by atoms with Crippen LogP contribution in [0.15, 0.2) is 30.3 Å². The molecule has 2 aliphatic heterocycles. The maximum absolute atomic E-state index is 2.51. The van der Waals surface area contributed by atoms with E-state index < -0.39 is 0 Å². The molecule has 0 bridgehead atoms. The third-order valence-electron chi connectivity index (χ3n) is 7.76. The maximum Gasteiger partial charge on any atom is -0.0106 e. The molecule has 0 amide bonds. The van der Waals surface area contributed by atoms with Gasteiger partial charge >= 0.3 is 0 Å². The van der Waals surface area contributed by atoms with Crippen LogP contribution in [0, 0.1) is 0 Å². The molecule has 1 aromatic carbocycles. The Kier molecular flexibility index (Phi) is 9.18. The van der Waals surface area contributed by atoms with Crippen LogP contribution in [0.25, 0.3) is 0 Å². The molecule has 3 rings (SSSR count). The second-order valence-electron chi connectivity index (χ2n) is 13.8. The zero-order chi connectivity index (χ0) is 24.4. The van der Waals surface area contributed by atoms with Crippen molar-refractivity contribution in [1.82, 2.24) is 0 Å². The van der Waals surface area contributed by atoms with Crippen molar-refractivity contribution >= 4 is 21.1 Å². The Bertz CT molecular complexity index is 670. The average molecular weight is 477 g/mol. The van der Waals surface area contributed by atoms with Crippen LogP contribution in [-0.4, -0.2) is 25.8 Å². The van der Waals surface area contributed by atoms with Crippen molar-refractivity contribution in [2.75, 3.05) is 0 Å². The highest BCUT2D eigenvalue weighted by Crippen LogP contribution is 2.71. The van der Waals surface area contributed by atoms with E-state index in [-0.39, 0.29) is 15.8 Å². The van der Waals surface area contributed by atoms with Gasteiger partial charge in [-0.25, -0.2) is 0 Å². The van der Waals surface area contributed by atoms with Crippen molar-refractivity contribution in [3.63, 3.8) is 0 Å². The fourth-order valence-electron chi connectivity index (χ4n) is 7.41. The molecule has 2 heteroatoms. The lowest BCUT2D eigenvalue weighted by atomic mass is 10.0. The molecule has 184 valence electrons. The predicted molar refractivity (Wildman–Crippen MR) is 153 cm³/mol. The highest BCUT2D eigenvalue weighted by Gasteiger charge is 2.47. The van der Waals surface area contributed by atoms with Crippen molar-refractivity contribution in [3.05, 3.63) is 30.3 Å². The molecule has 0 nitrogen and oxygen atoms in total. The first-order valence-corrected chi connectivity index (χ1v) is 15.8. The van der Waals surface area contributed by atoms with Gasteiger partial charge in [-0.2, -0.15) is 0 Å². The quantitative estimate of drug-likeness (QED) is 0.354. The molecular weight excluding hydrogens is 422 g/mol. The van der Waals surface area contributed by atoms with Crippen LogP contribution in [0.4, 0.5) is 0 Å². The molecule has 0 N–H and O–H groups in total. The van der Waals surface area contributed by atoms with Crippen molar-refractivity contribution in [2.45, 2.75) is 153 Å². The van der Waals surface area contributed by atoms with Crippen molar-refractivity contribution < 1.29 is 0 Å². The van der Waals surface area contributed by atoms with E-state index in [0.29, 0.717) is 25.8 Å². The van der Waals surface area contributed by atoms with Crippen LogP contribution < -0.4 is 5.30 Å². The van der Waals surface area contributed by atoms with E-state index in [2.05, 4.69) is 106 Å². The molecule has 2 fully saturated rings. The standard InChI is InChI=1S/C16H25P.C14H29P/c1-15(2)12-8-9-13-16(3,4)17(15)14-10-6-5-7-11-14;1-12(2,3)15-13(4,5)10-8-9-11-14(15,6)7/h5-7,10-11H,8-9,12-13H2,1-4H3;8-11H2,1-7H3. The summed E-state index contributed by atoms with van der Waals surface area (Å²) in [5.74, 6) is 0. The molecule has 2 saturated heterocycles. The average Bonchev–Trinajstić information content (AvgIpc) is 2.80. The van der Waals surface area contributed by atoms with Gasteiger partial charge in [0.25, 0.3) is 0 Å². The van der Waals surface area contributed by atoms with Crippen LogP contribution in [-0.2, 0) is 0 Å². The number of benzene rings is 1. The van der Waals surface area contributed by atoms with E-state index in [1.807, 2.05) is 0 Å². The molecule has 2 aliphatic rings. The second-order valence-corrected chi connectivity index (χ2v) is 21.9. The monoisotopic (exact) mass is 476 g/mol. The molecule has 1 aromatic rings. The van der Waals surface area contributed by atoms with Gasteiger partial charge in [0.1, 0.15) is 0 Å². The smallest absolute Gasteiger partial charge is 0.0106 e. The summed E-state index contributed by atoms with van der Waals surface area (Å²) < 4.78 is 0. The SMILES string of the molecule is CC(C)(C)P1C(C)(C)CCCCC1(C)C.CC1(C)CCCCC(C)(C)P1c1ccccc1. The molecule has 0 saturated carbocycles. The van der Waals surface area contributed by atoms with Crippen LogP contribution in [0.1, 0.15) is 128 Å². The van der Waals surface area contributed by atoms with Gasteiger partial charge in [-0.3, -0.25) is 0 Å². The maximum atomic E-state index is 2.51.